The van der Waals surface area contributed by atoms with Crippen LogP contribution in [-0.4, -0.2) is 43.7 Å². The maximum absolute atomic E-state index is 10.3. The van der Waals surface area contributed by atoms with Crippen molar-refractivity contribution in [3.8, 4) is 0 Å². The molecule has 3 unspecified atom stereocenters. The average molecular weight is 309 g/mol. The van der Waals surface area contributed by atoms with E-state index in [9.17, 15) is 10.2 Å². The molecule has 19 heavy (non-hydrogen) atoms. The van der Waals surface area contributed by atoms with Gasteiger partial charge in [-0.1, -0.05) is 11.6 Å². The summed E-state index contributed by atoms with van der Waals surface area (Å²) in [5.41, 5.74) is 4.07. The molecule has 0 radical (unpaired) electrons. The summed E-state index contributed by atoms with van der Waals surface area (Å²) in [5, 5.41) is 31.8. The average Bonchev–Trinajstić information content (AvgIpc) is 2.61. The zero-order valence-corrected chi connectivity index (χ0v) is 11.4. The molecule has 1 heterocycles. The fourth-order valence-corrected chi connectivity index (χ4v) is 2.54. The van der Waals surface area contributed by atoms with Crippen molar-refractivity contribution in [2.45, 2.75) is 24.7 Å². The second kappa shape index (κ2) is 5.26. The lowest BCUT2D eigenvalue weighted by atomic mass is 10.1. The van der Waals surface area contributed by atoms with Gasteiger partial charge in [-0.3, -0.25) is 0 Å². The Labute approximate surface area is 119 Å². The third-order valence-corrected chi connectivity index (χ3v) is 3.63. The van der Waals surface area contributed by atoms with Crippen LogP contribution in [0.5, 0.6) is 0 Å². The summed E-state index contributed by atoms with van der Waals surface area (Å²) in [4.78, 5) is 7.48. The van der Waals surface area contributed by atoms with Crippen molar-refractivity contribution in [3.63, 3.8) is 0 Å². The zero-order chi connectivity index (χ0) is 14.2. The van der Waals surface area contributed by atoms with E-state index in [0.29, 0.717) is 0 Å². The molecule has 1 aliphatic rings. The fraction of sp³-hybridized carbons (Fsp3) is 0.600. The van der Waals surface area contributed by atoms with E-state index in [2.05, 4.69) is 15.3 Å². The lowest BCUT2D eigenvalue weighted by Gasteiger charge is -2.29. The Balaban J connectivity index is 2.26. The van der Waals surface area contributed by atoms with Gasteiger partial charge in [0.15, 0.2) is 16.7 Å². The third kappa shape index (κ3) is 2.85. The van der Waals surface area contributed by atoms with Crippen LogP contribution in [0.4, 0.5) is 11.5 Å². The van der Waals surface area contributed by atoms with Gasteiger partial charge in [0, 0.05) is 13.0 Å². The molecule has 0 bridgehead atoms. The van der Waals surface area contributed by atoms with E-state index in [1.165, 1.54) is 0 Å². The number of aliphatic hydroxyl groups excluding tert-OH is 2. The molecule has 1 fully saturated rings. The first kappa shape index (κ1) is 14.5. The molecule has 3 atom stereocenters. The number of halogens is 2. The summed E-state index contributed by atoms with van der Waals surface area (Å²) in [5.74, 6) is -0.161. The number of hydrogen-bond donors (Lipinski definition) is 5. The van der Waals surface area contributed by atoms with Gasteiger partial charge in [-0.2, -0.15) is 4.98 Å². The molecule has 0 saturated heterocycles. The summed E-state index contributed by atoms with van der Waals surface area (Å²) < 4.78 is 0. The molecule has 1 saturated carbocycles. The number of anilines is 2. The summed E-state index contributed by atoms with van der Waals surface area (Å²) >= 11 is 11.4. The van der Waals surface area contributed by atoms with E-state index in [-0.39, 0.29) is 47.3 Å². The van der Waals surface area contributed by atoms with Crippen LogP contribution in [0, 0.1) is 5.92 Å². The molecule has 0 aliphatic heterocycles. The predicted molar refractivity (Wildman–Crippen MR) is 70.9 cm³/mol. The second-order valence-corrected chi connectivity index (χ2v) is 5.30. The van der Waals surface area contributed by atoms with Crippen molar-refractivity contribution in [1.82, 2.24) is 9.97 Å². The highest BCUT2D eigenvalue weighted by Gasteiger charge is 2.45. The molecule has 1 aromatic rings. The van der Waals surface area contributed by atoms with Gasteiger partial charge in [0.25, 0.3) is 0 Å². The standard InChI is InChI=1S/C10H14Cl2N4O3/c11-7-6(13)8(15-9(12)14-7)16-10(19)2-4(3-17)1-5(10)18/h4-5,17-19H,1-3,13H2,(H,14,15,16). The fourth-order valence-electron chi connectivity index (χ4n) is 2.16. The minimum absolute atomic E-state index is 0.0270. The lowest BCUT2D eigenvalue weighted by Crippen LogP contribution is -2.45. The summed E-state index contributed by atoms with van der Waals surface area (Å²) in [6.07, 6.45) is -0.632. The first-order chi connectivity index (χ1) is 8.85. The molecule has 6 N–H and O–H groups in total. The Hall–Kier alpha value is -0.860. The van der Waals surface area contributed by atoms with E-state index < -0.39 is 11.8 Å². The Morgan fingerprint density at radius 3 is 2.68 bits per heavy atom. The van der Waals surface area contributed by atoms with E-state index in [1.54, 1.807) is 0 Å². The first-order valence-electron chi connectivity index (χ1n) is 5.63. The van der Waals surface area contributed by atoms with Crippen molar-refractivity contribution in [3.05, 3.63) is 10.4 Å². The van der Waals surface area contributed by atoms with E-state index in [1.807, 2.05) is 0 Å². The van der Waals surface area contributed by atoms with Crippen LogP contribution >= 0.6 is 23.2 Å². The summed E-state index contributed by atoms with van der Waals surface area (Å²) in [6.45, 7) is -0.123. The number of aliphatic hydroxyl groups is 3. The molecule has 0 aromatic carbocycles. The molecule has 0 spiro atoms. The molecule has 106 valence electrons. The largest absolute Gasteiger partial charge is 0.396 e. The topological polar surface area (TPSA) is 125 Å². The molecular weight excluding hydrogens is 295 g/mol. The van der Waals surface area contributed by atoms with Crippen molar-refractivity contribution in [2.24, 2.45) is 5.92 Å². The van der Waals surface area contributed by atoms with Gasteiger partial charge >= 0.3 is 0 Å². The van der Waals surface area contributed by atoms with Gasteiger partial charge in [0.05, 0.1) is 0 Å². The summed E-state index contributed by atoms with van der Waals surface area (Å²) in [7, 11) is 0. The van der Waals surface area contributed by atoms with Gasteiger partial charge < -0.3 is 26.4 Å². The van der Waals surface area contributed by atoms with Crippen LogP contribution < -0.4 is 11.1 Å². The second-order valence-electron chi connectivity index (χ2n) is 4.60. The number of hydrogen-bond acceptors (Lipinski definition) is 7. The minimum atomic E-state index is -1.64. The number of nitrogen functional groups attached to an aromatic ring is 1. The maximum Gasteiger partial charge on any atom is 0.225 e. The molecule has 7 nitrogen and oxygen atoms in total. The Kier molecular flexibility index (Phi) is 4.03. The molecule has 1 aromatic heterocycles. The van der Waals surface area contributed by atoms with Crippen LogP contribution in [0.15, 0.2) is 0 Å². The zero-order valence-electron chi connectivity index (χ0n) is 9.85. The molecule has 0 amide bonds. The van der Waals surface area contributed by atoms with E-state index in [4.69, 9.17) is 34.0 Å². The SMILES string of the molecule is Nc1c(Cl)nc(Cl)nc1NC1(O)CC(CO)CC1O. The van der Waals surface area contributed by atoms with Crippen LogP contribution in [0.2, 0.25) is 10.4 Å². The third-order valence-electron chi connectivity index (χ3n) is 3.17. The number of nitrogens with one attached hydrogen (secondary N) is 1. The van der Waals surface area contributed by atoms with Gasteiger partial charge in [-0.15, -0.1) is 0 Å². The van der Waals surface area contributed by atoms with Crippen molar-refractivity contribution in [1.29, 1.82) is 0 Å². The van der Waals surface area contributed by atoms with Crippen molar-refractivity contribution >= 4 is 34.7 Å². The number of aromatic nitrogens is 2. The molecule has 2 rings (SSSR count). The van der Waals surface area contributed by atoms with Gasteiger partial charge in [-0.05, 0) is 23.9 Å². The normalized spacial score (nSPS) is 30.6. The van der Waals surface area contributed by atoms with Gasteiger partial charge in [0.2, 0.25) is 5.28 Å². The highest BCUT2D eigenvalue weighted by Crippen LogP contribution is 2.37. The predicted octanol–water partition coefficient (Wildman–Crippen LogP) is 0.229. The van der Waals surface area contributed by atoms with E-state index >= 15 is 0 Å². The monoisotopic (exact) mass is 308 g/mol. The Bertz CT molecular complexity index is 490. The Morgan fingerprint density at radius 1 is 1.42 bits per heavy atom. The van der Waals surface area contributed by atoms with E-state index in [0.717, 1.165) is 0 Å². The molecule has 1 aliphatic carbocycles. The minimum Gasteiger partial charge on any atom is -0.396 e. The maximum atomic E-state index is 10.3. The molecule has 9 heteroatoms. The van der Waals surface area contributed by atoms with Crippen molar-refractivity contribution in [2.75, 3.05) is 17.7 Å². The van der Waals surface area contributed by atoms with Crippen LogP contribution in [-0.2, 0) is 0 Å². The number of rotatable bonds is 3. The van der Waals surface area contributed by atoms with Crippen LogP contribution in [0.1, 0.15) is 12.8 Å². The lowest BCUT2D eigenvalue weighted by molar-refractivity contribution is -0.0315. The highest BCUT2D eigenvalue weighted by atomic mass is 35.5. The molecular formula is C10H14Cl2N4O3. The summed E-state index contributed by atoms with van der Waals surface area (Å²) in [6, 6.07) is 0. The van der Waals surface area contributed by atoms with Gasteiger partial charge in [0.1, 0.15) is 11.8 Å². The quantitative estimate of drug-likeness (QED) is 0.307. The van der Waals surface area contributed by atoms with Crippen LogP contribution in [0.3, 0.4) is 0 Å². The highest BCUT2D eigenvalue weighted by molar-refractivity contribution is 6.34. The number of nitrogens with zero attached hydrogens (tertiary/aromatic N) is 2. The van der Waals surface area contributed by atoms with Gasteiger partial charge in [-0.25, -0.2) is 4.98 Å². The Morgan fingerprint density at radius 2 is 2.11 bits per heavy atom. The number of nitrogens with two attached hydrogens (primary N) is 1. The first-order valence-corrected chi connectivity index (χ1v) is 6.39. The smallest absolute Gasteiger partial charge is 0.225 e. The van der Waals surface area contributed by atoms with Crippen molar-refractivity contribution < 1.29 is 15.3 Å². The van der Waals surface area contributed by atoms with Crippen LogP contribution in [0.25, 0.3) is 0 Å².